The topological polar surface area (TPSA) is 89.3 Å². The van der Waals surface area contributed by atoms with E-state index >= 15 is 0 Å². The van der Waals surface area contributed by atoms with E-state index in [1.807, 2.05) is 0 Å². The normalized spacial score (nSPS) is 13.3. The molecule has 0 spiro atoms. The zero-order valence-corrected chi connectivity index (χ0v) is 10.8. The maximum Gasteiger partial charge on any atom is 0.324 e. The van der Waals surface area contributed by atoms with Gasteiger partial charge in [0.1, 0.15) is 0 Å². The summed E-state index contributed by atoms with van der Waals surface area (Å²) in [5.41, 5.74) is -1.08. The maximum absolute atomic E-state index is 13.3. The van der Waals surface area contributed by atoms with E-state index in [4.69, 9.17) is 11.6 Å². The van der Waals surface area contributed by atoms with Gasteiger partial charge in [-0.25, -0.2) is 13.1 Å². The van der Waals surface area contributed by atoms with Crippen LogP contribution in [-0.2, 0) is 10.0 Å². The molecule has 0 bridgehead atoms. The molecule has 6 nitrogen and oxygen atoms in total. The molecular formula is C9H10ClFN2O4S. The number of rotatable bonds is 5. The van der Waals surface area contributed by atoms with Gasteiger partial charge in [0, 0.05) is 11.9 Å². The second kappa shape index (κ2) is 5.59. The van der Waals surface area contributed by atoms with Crippen LogP contribution in [0.15, 0.2) is 23.1 Å². The number of nitro benzene ring substituents is 1. The first-order chi connectivity index (χ1) is 8.29. The minimum absolute atomic E-state index is 0.0116. The fourth-order valence-corrected chi connectivity index (χ4v) is 2.84. The minimum atomic E-state index is -4.19. The van der Waals surface area contributed by atoms with Gasteiger partial charge in [0.2, 0.25) is 15.8 Å². The zero-order chi connectivity index (χ0) is 13.9. The molecular weight excluding hydrogens is 287 g/mol. The summed E-state index contributed by atoms with van der Waals surface area (Å²) in [5, 5.41) is 10.7. The van der Waals surface area contributed by atoms with Crippen LogP contribution in [0, 0.1) is 15.9 Å². The molecule has 1 atom stereocenters. The van der Waals surface area contributed by atoms with Crippen LogP contribution in [0.25, 0.3) is 0 Å². The highest BCUT2D eigenvalue weighted by molar-refractivity contribution is 7.89. The van der Waals surface area contributed by atoms with Crippen molar-refractivity contribution in [1.82, 2.24) is 4.72 Å². The van der Waals surface area contributed by atoms with Gasteiger partial charge < -0.3 is 0 Å². The van der Waals surface area contributed by atoms with Gasteiger partial charge in [-0.3, -0.25) is 10.1 Å². The third kappa shape index (κ3) is 3.15. The molecule has 9 heteroatoms. The fourth-order valence-electron chi connectivity index (χ4n) is 1.25. The number of nitro groups is 1. The van der Waals surface area contributed by atoms with Gasteiger partial charge in [-0.2, -0.15) is 4.39 Å². The highest BCUT2D eigenvalue weighted by Gasteiger charge is 2.30. The molecule has 1 rings (SSSR count). The quantitative estimate of drug-likeness (QED) is 0.508. The van der Waals surface area contributed by atoms with Crippen LogP contribution in [0.3, 0.4) is 0 Å². The van der Waals surface area contributed by atoms with Crippen molar-refractivity contribution in [1.29, 1.82) is 0 Å². The Labute approximate surface area is 108 Å². The van der Waals surface area contributed by atoms with E-state index in [9.17, 15) is 22.9 Å². The maximum atomic E-state index is 13.3. The Hall–Kier alpha value is -1.25. The third-order valence-corrected chi connectivity index (χ3v) is 4.09. The number of nitrogens with one attached hydrogen (secondary N) is 1. The van der Waals surface area contributed by atoms with Gasteiger partial charge >= 0.3 is 5.69 Å². The number of hydrogen-bond donors (Lipinski definition) is 1. The van der Waals surface area contributed by atoms with Crippen LogP contribution < -0.4 is 4.72 Å². The summed E-state index contributed by atoms with van der Waals surface area (Å²) < 4.78 is 39.1. The van der Waals surface area contributed by atoms with E-state index in [-0.39, 0.29) is 5.88 Å². The Morgan fingerprint density at radius 3 is 2.67 bits per heavy atom. The van der Waals surface area contributed by atoms with Crippen molar-refractivity contribution in [3.63, 3.8) is 0 Å². The Morgan fingerprint density at radius 2 is 2.17 bits per heavy atom. The average molecular weight is 297 g/mol. The molecule has 0 heterocycles. The monoisotopic (exact) mass is 296 g/mol. The highest BCUT2D eigenvalue weighted by atomic mass is 35.5. The first kappa shape index (κ1) is 14.8. The van der Waals surface area contributed by atoms with Crippen LogP contribution >= 0.6 is 11.6 Å². The van der Waals surface area contributed by atoms with Crippen molar-refractivity contribution in [2.75, 3.05) is 5.88 Å². The lowest BCUT2D eigenvalue weighted by atomic mass is 10.3. The molecule has 0 saturated heterocycles. The number of sulfonamides is 1. The van der Waals surface area contributed by atoms with E-state index < -0.39 is 37.4 Å². The first-order valence-corrected chi connectivity index (χ1v) is 6.82. The third-order valence-electron chi connectivity index (χ3n) is 2.01. The summed E-state index contributed by atoms with van der Waals surface area (Å²) in [7, 11) is -4.19. The Balaban J connectivity index is 3.33. The number of benzene rings is 1. The SMILES string of the molecule is CC(CCl)NS(=O)(=O)c1cccc(F)c1[N+](=O)[O-]. The largest absolute Gasteiger partial charge is 0.324 e. The molecule has 0 radical (unpaired) electrons. The van der Waals surface area contributed by atoms with Crippen LogP contribution in [0.2, 0.25) is 0 Å². The number of halogens is 2. The van der Waals surface area contributed by atoms with Gasteiger partial charge in [0.05, 0.1) is 4.92 Å². The van der Waals surface area contributed by atoms with Gasteiger partial charge in [-0.15, -0.1) is 11.6 Å². The van der Waals surface area contributed by atoms with Crippen molar-refractivity contribution >= 4 is 27.3 Å². The van der Waals surface area contributed by atoms with Crippen LogP contribution in [0.4, 0.5) is 10.1 Å². The lowest BCUT2D eigenvalue weighted by Gasteiger charge is -2.11. The molecule has 1 aromatic carbocycles. The molecule has 1 N–H and O–H groups in total. The summed E-state index contributed by atoms with van der Waals surface area (Å²) in [6, 6.07) is 2.24. The second-order valence-electron chi connectivity index (χ2n) is 3.52. The predicted molar refractivity (Wildman–Crippen MR) is 63.6 cm³/mol. The summed E-state index contributed by atoms with van der Waals surface area (Å²) in [5.74, 6) is -1.22. The number of nitrogens with zero attached hydrogens (tertiary/aromatic N) is 1. The van der Waals surface area contributed by atoms with E-state index in [0.29, 0.717) is 0 Å². The molecule has 0 aliphatic rings. The molecule has 100 valence electrons. The second-order valence-corrected chi connectivity index (χ2v) is 5.51. The average Bonchev–Trinajstić information content (AvgIpc) is 2.27. The lowest BCUT2D eigenvalue weighted by Crippen LogP contribution is -2.34. The predicted octanol–water partition coefficient (Wildman–Crippen LogP) is 1.64. The molecule has 0 aromatic heterocycles. The number of para-hydroxylation sites is 1. The molecule has 1 aromatic rings. The molecule has 0 amide bonds. The Morgan fingerprint density at radius 1 is 1.56 bits per heavy atom. The van der Waals surface area contributed by atoms with E-state index in [1.165, 1.54) is 6.92 Å². The standard InChI is InChI=1S/C9H10ClFN2O4S/c1-6(5-10)12-18(16,17)8-4-2-3-7(11)9(8)13(14)15/h2-4,6,12H,5H2,1H3. The smallest absolute Gasteiger partial charge is 0.258 e. The zero-order valence-electron chi connectivity index (χ0n) is 9.26. The van der Waals surface area contributed by atoms with Crippen molar-refractivity contribution in [3.05, 3.63) is 34.1 Å². The van der Waals surface area contributed by atoms with Gasteiger partial charge in [-0.1, -0.05) is 6.07 Å². The van der Waals surface area contributed by atoms with Crippen molar-refractivity contribution < 1.29 is 17.7 Å². The molecule has 0 aliphatic heterocycles. The molecule has 1 unspecified atom stereocenters. The summed E-state index contributed by atoms with van der Waals surface area (Å²) in [6.45, 7) is 1.48. The summed E-state index contributed by atoms with van der Waals surface area (Å²) in [4.78, 5) is 8.90. The summed E-state index contributed by atoms with van der Waals surface area (Å²) >= 11 is 5.44. The van der Waals surface area contributed by atoms with Crippen LogP contribution in [0.1, 0.15) is 6.92 Å². The Bertz CT molecular complexity index is 564. The number of alkyl halides is 1. The van der Waals surface area contributed by atoms with Crippen molar-refractivity contribution in [2.45, 2.75) is 17.9 Å². The van der Waals surface area contributed by atoms with Crippen molar-refractivity contribution in [2.24, 2.45) is 0 Å². The van der Waals surface area contributed by atoms with Crippen LogP contribution in [-0.4, -0.2) is 25.3 Å². The summed E-state index contributed by atoms with van der Waals surface area (Å²) in [6.07, 6.45) is 0. The lowest BCUT2D eigenvalue weighted by molar-refractivity contribution is -0.390. The minimum Gasteiger partial charge on any atom is -0.258 e. The van der Waals surface area contributed by atoms with E-state index in [0.717, 1.165) is 18.2 Å². The first-order valence-electron chi connectivity index (χ1n) is 4.80. The van der Waals surface area contributed by atoms with Crippen LogP contribution in [0.5, 0.6) is 0 Å². The van der Waals surface area contributed by atoms with Gasteiger partial charge in [0.15, 0.2) is 4.90 Å². The Kier molecular flexibility index (Phi) is 4.60. The molecule has 0 saturated carbocycles. The van der Waals surface area contributed by atoms with Gasteiger partial charge in [0.25, 0.3) is 0 Å². The van der Waals surface area contributed by atoms with Crippen molar-refractivity contribution in [3.8, 4) is 0 Å². The molecule has 18 heavy (non-hydrogen) atoms. The van der Waals surface area contributed by atoms with E-state index in [1.54, 1.807) is 0 Å². The molecule has 0 aliphatic carbocycles. The molecule has 0 fully saturated rings. The number of hydrogen-bond acceptors (Lipinski definition) is 4. The highest BCUT2D eigenvalue weighted by Crippen LogP contribution is 2.26. The fraction of sp³-hybridized carbons (Fsp3) is 0.333. The van der Waals surface area contributed by atoms with Gasteiger partial charge in [-0.05, 0) is 19.1 Å². The van der Waals surface area contributed by atoms with E-state index in [2.05, 4.69) is 4.72 Å².